The molecule has 0 spiro atoms. The lowest BCUT2D eigenvalue weighted by Crippen LogP contribution is -2.37. The molecule has 0 aliphatic rings. The lowest BCUT2D eigenvalue weighted by atomic mass is 10.1. The highest BCUT2D eigenvalue weighted by molar-refractivity contribution is 5.14. The summed E-state index contributed by atoms with van der Waals surface area (Å²) in [6.45, 7) is 5.29. The summed E-state index contributed by atoms with van der Waals surface area (Å²) in [5.41, 5.74) is 6.87. The number of nitrogens with two attached hydrogens (primary N) is 1. The van der Waals surface area contributed by atoms with E-state index in [1.807, 2.05) is 32.0 Å². The van der Waals surface area contributed by atoms with Crippen molar-refractivity contribution in [2.75, 3.05) is 13.2 Å². The van der Waals surface area contributed by atoms with E-state index in [1.165, 1.54) is 5.56 Å². The maximum atomic E-state index is 5.79. The van der Waals surface area contributed by atoms with E-state index in [9.17, 15) is 0 Å². The zero-order valence-electron chi connectivity index (χ0n) is 8.99. The van der Waals surface area contributed by atoms with Gasteiger partial charge in [-0.15, -0.1) is 0 Å². The molecule has 2 N–H and O–H groups in total. The molecule has 2 heteroatoms. The van der Waals surface area contributed by atoms with Gasteiger partial charge in [0.1, 0.15) is 0 Å². The standard InChI is InChI=1S/C12H19NO/c1-12(2,13)10-14-9-8-11-6-4-3-5-7-11/h3-7H,8-10,13H2,1-2H3. The Morgan fingerprint density at radius 2 is 1.86 bits per heavy atom. The molecule has 0 aliphatic carbocycles. The number of ether oxygens (including phenoxy) is 1. The molecule has 14 heavy (non-hydrogen) atoms. The van der Waals surface area contributed by atoms with Gasteiger partial charge in [-0.3, -0.25) is 0 Å². The molecule has 1 aromatic carbocycles. The number of benzene rings is 1. The number of hydrogen-bond acceptors (Lipinski definition) is 2. The van der Waals surface area contributed by atoms with Crippen molar-refractivity contribution in [2.24, 2.45) is 5.73 Å². The summed E-state index contributed by atoms with van der Waals surface area (Å²) in [4.78, 5) is 0. The fourth-order valence-corrected chi connectivity index (χ4v) is 1.17. The fourth-order valence-electron chi connectivity index (χ4n) is 1.17. The van der Waals surface area contributed by atoms with Gasteiger partial charge >= 0.3 is 0 Å². The van der Waals surface area contributed by atoms with Gasteiger partial charge in [-0.1, -0.05) is 30.3 Å². The summed E-state index contributed by atoms with van der Waals surface area (Å²) in [5, 5.41) is 0. The largest absolute Gasteiger partial charge is 0.379 e. The van der Waals surface area contributed by atoms with Gasteiger partial charge in [-0.25, -0.2) is 0 Å². The maximum Gasteiger partial charge on any atom is 0.0640 e. The van der Waals surface area contributed by atoms with Crippen molar-refractivity contribution < 1.29 is 4.74 Å². The monoisotopic (exact) mass is 193 g/mol. The molecule has 1 rings (SSSR count). The summed E-state index contributed by atoms with van der Waals surface area (Å²) in [5.74, 6) is 0. The summed E-state index contributed by atoms with van der Waals surface area (Å²) in [6.07, 6.45) is 0.955. The minimum Gasteiger partial charge on any atom is -0.379 e. The van der Waals surface area contributed by atoms with Crippen molar-refractivity contribution in [1.29, 1.82) is 0 Å². The Morgan fingerprint density at radius 1 is 1.21 bits per heavy atom. The molecule has 2 nitrogen and oxygen atoms in total. The highest BCUT2D eigenvalue weighted by atomic mass is 16.5. The zero-order chi connectivity index (χ0) is 10.4. The Kier molecular flexibility index (Phi) is 4.11. The van der Waals surface area contributed by atoms with E-state index in [-0.39, 0.29) is 5.54 Å². The molecule has 0 saturated carbocycles. The first-order valence-corrected chi connectivity index (χ1v) is 4.98. The van der Waals surface area contributed by atoms with Crippen molar-refractivity contribution in [2.45, 2.75) is 25.8 Å². The van der Waals surface area contributed by atoms with Gasteiger partial charge in [0.15, 0.2) is 0 Å². The first-order valence-electron chi connectivity index (χ1n) is 4.98. The average molecular weight is 193 g/mol. The zero-order valence-corrected chi connectivity index (χ0v) is 8.99. The van der Waals surface area contributed by atoms with Crippen molar-refractivity contribution in [3.05, 3.63) is 35.9 Å². The van der Waals surface area contributed by atoms with Crippen LogP contribution < -0.4 is 5.73 Å². The maximum absolute atomic E-state index is 5.79. The van der Waals surface area contributed by atoms with Crippen LogP contribution in [0.2, 0.25) is 0 Å². The van der Waals surface area contributed by atoms with Crippen LogP contribution in [0.4, 0.5) is 0 Å². The Hall–Kier alpha value is -0.860. The number of rotatable bonds is 5. The van der Waals surface area contributed by atoms with Crippen LogP contribution in [-0.4, -0.2) is 18.8 Å². The van der Waals surface area contributed by atoms with Gasteiger partial charge in [0, 0.05) is 5.54 Å². The van der Waals surface area contributed by atoms with Crippen molar-refractivity contribution in [3.8, 4) is 0 Å². The fraction of sp³-hybridized carbons (Fsp3) is 0.500. The molecule has 0 saturated heterocycles. The predicted octanol–water partition coefficient (Wildman–Crippen LogP) is 1.98. The molecule has 0 atom stereocenters. The minimum absolute atomic E-state index is 0.226. The van der Waals surface area contributed by atoms with Gasteiger partial charge in [0.25, 0.3) is 0 Å². The van der Waals surface area contributed by atoms with Gasteiger partial charge in [-0.2, -0.15) is 0 Å². The predicted molar refractivity (Wildman–Crippen MR) is 59.2 cm³/mol. The Balaban J connectivity index is 2.17. The normalized spacial score (nSPS) is 11.6. The Labute approximate surface area is 86.1 Å². The second-order valence-electron chi connectivity index (χ2n) is 4.28. The third-order valence-electron chi connectivity index (χ3n) is 1.85. The second kappa shape index (κ2) is 5.13. The van der Waals surface area contributed by atoms with Crippen LogP contribution in [0.3, 0.4) is 0 Å². The van der Waals surface area contributed by atoms with E-state index in [4.69, 9.17) is 10.5 Å². The van der Waals surface area contributed by atoms with Crippen molar-refractivity contribution in [1.82, 2.24) is 0 Å². The van der Waals surface area contributed by atoms with Crippen LogP contribution >= 0.6 is 0 Å². The SMILES string of the molecule is CC(C)(N)COCCc1ccccc1. The van der Waals surface area contributed by atoms with Crippen LogP contribution in [0, 0.1) is 0 Å². The van der Waals surface area contributed by atoms with Crippen LogP contribution in [0.1, 0.15) is 19.4 Å². The van der Waals surface area contributed by atoms with Crippen LogP contribution in [0.15, 0.2) is 30.3 Å². The third-order valence-corrected chi connectivity index (χ3v) is 1.85. The lowest BCUT2D eigenvalue weighted by Gasteiger charge is -2.18. The smallest absolute Gasteiger partial charge is 0.0640 e. The van der Waals surface area contributed by atoms with E-state index >= 15 is 0 Å². The highest BCUT2D eigenvalue weighted by Crippen LogP contribution is 2.01. The van der Waals surface area contributed by atoms with E-state index in [2.05, 4.69) is 12.1 Å². The summed E-state index contributed by atoms with van der Waals surface area (Å²) in [7, 11) is 0. The van der Waals surface area contributed by atoms with Gasteiger partial charge in [0.05, 0.1) is 13.2 Å². The van der Waals surface area contributed by atoms with Gasteiger partial charge in [0.2, 0.25) is 0 Å². The van der Waals surface area contributed by atoms with E-state index in [0.29, 0.717) is 6.61 Å². The quantitative estimate of drug-likeness (QED) is 0.726. The average Bonchev–Trinajstić information content (AvgIpc) is 2.13. The molecule has 0 unspecified atom stereocenters. The first kappa shape index (κ1) is 11.2. The van der Waals surface area contributed by atoms with E-state index in [0.717, 1.165) is 13.0 Å². The molecular formula is C12H19NO. The molecule has 0 radical (unpaired) electrons. The molecule has 0 fully saturated rings. The number of hydrogen-bond donors (Lipinski definition) is 1. The van der Waals surface area contributed by atoms with Crippen LogP contribution in [-0.2, 0) is 11.2 Å². The molecule has 0 aromatic heterocycles. The van der Waals surface area contributed by atoms with E-state index < -0.39 is 0 Å². The Morgan fingerprint density at radius 3 is 2.43 bits per heavy atom. The topological polar surface area (TPSA) is 35.2 Å². The Bertz CT molecular complexity index is 251. The molecule has 0 amide bonds. The minimum atomic E-state index is -0.226. The van der Waals surface area contributed by atoms with Gasteiger partial charge in [-0.05, 0) is 25.8 Å². The summed E-state index contributed by atoms with van der Waals surface area (Å²) >= 11 is 0. The highest BCUT2D eigenvalue weighted by Gasteiger charge is 2.09. The molecule has 1 aromatic rings. The van der Waals surface area contributed by atoms with Gasteiger partial charge < -0.3 is 10.5 Å². The van der Waals surface area contributed by atoms with Crippen LogP contribution in [0.5, 0.6) is 0 Å². The third kappa shape index (κ3) is 5.00. The van der Waals surface area contributed by atoms with Crippen molar-refractivity contribution in [3.63, 3.8) is 0 Å². The molecule has 0 aliphatic heterocycles. The molecule has 0 bridgehead atoms. The molecule has 78 valence electrons. The molecular weight excluding hydrogens is 174 g/mol. The van der Waals surface area contributed by atoms with E-state index in [1.54, 1.807) is 0 Å². The first-order chi connectivity index (χ1) is 6.58. The second-order valence-corrected chi connectivity index (χ2v) is 4.28. The summed E-state index contributed by atoms with van der Waals surface area (Å²) in [6, 6.07) is 10.3. The van der Waals surface area contributed by atoms with Crippen LogP contribution in [0.25, 0.3) is 0 Å². The molecule has 0 heterocycles. The lowest BCUT2D eigenvalue weighted by molar-refractivity contribution is 0.0997. The summed E-state index contributed by atoms with van der Waals surface area (Å²) < 4.78 is 5.48. The van der Waals surface area contributed by atoms with Crippen molar-refractivity contribution >= 4 is 0 Å².